The molecule has 0 saturated heterocycles. The second-order valence-electron chi connectivity index (χ2n) is 13.4. The monoisotopic (exact) mass is 663 g/mol. The average molecular weight is 664 g/mol. The molecule has 6 heteroatoms. The number of rotatable bonds is 13. The van der Waals surface area contributed by atoms with Gasteiger partial charge in [-0.1, -0.05) is 72.1 Å². The number of amides is 1. The van der Waals surface area contributed by atoms with Gasteiger partial charge in [0.2, 0.25) is 5.91 Å². The van der Waals surface area contributed by atoms with Crippen LogP contribution in [0.5, 0.6) is 0 Å². The molecule has 0 fully saturated rings. The first-order chi connectivity index (χ1) is 22.3. The molecule has 1 amide bonds. The Balaban J connectivity index is 0.00000114. The summed E-state index contributed by atoms with van der Waals surface area (Å²) in [5.41, 5.74) is 7.76. The maximum absolute atomic E-state index is 14.3. The summed E-state index contributed by atoms with van der Waals surface area (Å²) in [5.74, 6) is -0.281. The number of benzene rings is 2. The summed E-state index contributed by atoms with van der Waals surface area (Å²) < 4.78 is 14.3. The third kappa shape index (κ3) is 14.6. The molecule has 2 aromatic carbocycles. The number of carbonyl (C=O) groups excluding carboxylic acids is 4. The quantitative estimate of drug-likeness (QED) is 0.100. The van der Waals surface area contributed by atoms with Crippen LogP contribution >= 0.6 is 0 Å². The number of allylic oxidation sites excluding steroid dienone is 4. The first-order valence-electron chi connectivity index (χ1n) is 17.4. The van der Waals surface area contributed by atoms with E-state index in [4.69, 9.17) is 0 Å². The number of aryl methyl sites for hydroxylation is 2. The molecule has 0 bridgehead atoms. The van der Waals surface area contributed by atoms with Crippen molar-refractivity contribution >= 4 is 23.3 Å². The van der Waals surface area contributed by atoms with E-state index in [1.807, 2.05) is 41.5 Å². The normalized spacial score (nSPS) is 11.9. The van der Waals surface area contributed by atoms with Crippen molar-refractivity contribution in [3.8, 4) is 11.1 Å². The highest BCUT2D eigenvalue weighted by molar-refractivity contribution is 6.18. The van der Waals surface area contributed by atoms with Crippen molar-refractivity contribution in [3.05, 3.63) is 81.2 Å². The second kappa shape index (κ2) is 22.1. The first-order valence-corrected chi connectivity index (χ1v) is 17.4. The predicted octanol–water partition coefficient (Wildman–Crippen LogP) is 10.7. The molecule has 2 aromatic rings. The van der Waals surface area contributed by atoms with Crippen LogP contribution < -0.4 is 5.32 Å². The molecule has 48 heavy (non-hydrogen) atoms. The summed E-state index contributed by atoms with van der Waals surface area (Å²) in [7, 11) is 0. The van der Waals surface area contributed by atoms with Gasteiger partial charge in [-0.2, -0.15) is 0 Å². The van der Waals surface area contributed by atoms with Crippen molar-refractivity contribution in [3.63, 3.8) is 0 Å². The van der Waals surface area contributed by atoms with E-state index in [1.165, 1.54) is 39.2 Å². The fourth-order valence-electron chi connectivity index (χ4n) is 5.55. The summed E-state index contributed by atoms with van der Waals surface area (Å²) in [4.78, 5) is 46.6. The lowest BCUT2D eigenvalue weighted by Crippen LogP contribution is -2.34. The van der Waals surface area contributed by atoms with E-state index in [0.29, 0.717) is 11.5 Å². The third-order valence-electron chi connectivity index (χ3n) is 8.41. The molecular weight excluding hydrogens is 601 g/mol. The van der Waals surface area contributed by atoms with Crippen LogP contribution in [0.25, 0.3) is 11.1 Å². The summed E-state index contributed by atoms with van der Waals surface area (Å²) in [6, 6.07) is 5.36. The zero-order valence-electron chi connectivity index (χ0n) is 32.2. The molecule has 0 saturated carbocycles. The molecule has 266 valence electrons. The van der Waals surface area contributed by atoms with Gasteiger partial charge in [0.15, 0.2) is 11.6 Å². The van der Waals surface area contributed by atoms with Crippen molar-refractivity contribution in [2.45, 2.75) is 135 Å². The van der Waals surface area contributed by atoms with Gasteiger partial charge in [-0.15, -0.1) is 0 Å². The van der Waals surface area contributed by atoms with Gasteiger partial charge in [0, 0.05) is 12.3 Å². The molecule has 2 atom stereocenters. The Morgan fingerprint density at radius 1 is 0.812 bits per heavy atom. The number of unbranched alkanes of at least 4 members (excludes halogenated alkanes) is 2. The SMILES string of the molecule is C/C=C\C=C(C(C)=O)C(C)=O.CC(=O)C[C@H](NC(=O)[C@@H](C)CC(C)C)c1cc(-c2c(C)cc(F)c(C)c2C)cc(C)c1C.CCCCC. The lowest BCUT2D eigenvalue weighted by atomic mass is 9.86. The van der Waals surface area contributed by atoms with Crippen LogP contribution in [0.15, 0.2) is 42.0 Å². The summed E-state index contributed by atoms with van der Waals surface area (Å²) in [6.45, 7) is 26.4. The molecule has 0 aromatic heterocycles. The molecule has 2 rings (SSSR count). The Labute approximate surface area is 290 Å². The van der Waals surface area contributed by atoms with Crippen molar-refractivity contribution in [2.24, 2.45) is 11.8 Å². The maximum Gasteiger partial charge on any atom is 0.223 e. The van der Waals surface area contributed by atoms with Crippen molar-refractivity contribution in [2.75, 3.05) is 0 Å². The van der Waals surface area contributed by atoms with Crippen LogP contribution in [0.1, 0.15) is 134 Å². The van der Waals surface area contributed by atoms with E-state index in [2.05, 4.69) is 45.1 Å². The Morgan fingerprint density at radius 2 is 1.38 bits per heavy atom. The summed E-state index contributed by atoms with van der Waals surface area (Å²) in [6.07, 6.45) is 10.1. The third-order valence-corrected chi connectivity index (χ3v) is 8.41. The standard InChI is InChI=1S/C28H38FNO2.C9H12O2.C5H12/c1-15(2)10-18(5)28(32)30-26(13-19(6)31)24-14-23(11-16(3)20(24)7)27-17(4)12-25(29)21(8)22(27)9;1-4-5-6-9(7(2)10)8(3)11;1-3-5-4-2/h11-12,14-15,18,26H,10,13H2,1-9H3,(H,30,32);4-6H,1-3H3;3-5H2,1-2H3/b;5-4-;/t18-,26-;;/m0../s1. The Kier molecular flexibility index (Phi) is 20.4. The lowest BCUT2D eigenvalue weighted by Gasteiger charge is -2.25. The highest BCUT2D eigenvalue weighted by Crippen LogP contribution is 2.35. The molecule has 0 aliphatic heterocycles. The van der Waals surface area contributed by atoms with Crippen molar-refractivity contribution in [1.82, 2.24) is 5.32 Å². The predicted molar refractivity (Wildman–Crippen MR) is 200 cm³/mol. The van der Waals surface area contributed by atoms with Crippen LogP contribution in [0.4, 0.5) is 4.39 Å². The molecule has 0 aliphatic carbocycles. The average Bonchev–Trinajstić information content (AvgIpc) is 2.97. The van der Waals surface area contributed by atoms with E-state index in [-0.39, 0.29) is 47.0 Å². The number of carbonyl (C=O) groups is 4. The van der Waals surface area contributed by atoms with Gasteiger partial charge in [-0.3, -0.25) is 19.2 Å². The Hall–Kier alpha value is -3.67. The van der Waals surface area contributed by atoms with E-state index in [0.717, 1.165) is 45.4 Å². The van der Waals surface area contributed by atoms with Crippen LogP contribution in [-0.2, 0) is 19.2 Å². The van der Waals surface area contributed by atoms with Crippen LogP contribution in [0.2, 0.25) is 0 Å². The molecule has 1 N–H and O–H groups in total. The molecule has 0 radical (unpaired) electrons. The van der Waals surface area contributed by atoms with Gasteiger partial charge in [-0.25, -0.2) is 4.39 Å². The number of hydrogen-bond acceptors (Lipinski definition) is 4. The fourth-order valence-corrected chi connectivity index (χ4v) is 5.55. The van der Waals surface area contributed by atoms with Gasteiger partial charge in [0.1, 0.15) is 11.6 Å². The Bertz CT molecular complexity index is 1450. The van der Waals surface area contributed by atoms with Gasteiger partial charge in [0.25, 0.3) is 0 Å². The minimum atomic E-state index is -0.393. The van der Waals surface area contributed by atoms with Gasteiger partial charge < -0.3 is 5.32 Å². The topological polar surface area (TPSA) is 80.3 Å². The zero-order valence-corrected chi connectivity index (χ0v) is 32.2. The zero-order chi connectivity index (χ0) is 37.3. The summed E-state index contributed by atoms with van der Waals surface area (Å²) >= 11 is 0. The molecule has 5 nitrogen and oxygen atoms in total. The molecule has 0 unspecified atom stereocenters. The van der Waals surface area contributed by atoms with E-state index in [1.54, 1.807) is 32.1 Å². The van der Waals surface area contributed by atoms with E-state index >= 15 is 0 Å². The van der Waals surface area contributed by atoms with Crippen molar-refractivity contribution in [1.29, 1.82) is 0 Å². The lowest BCUT2D eigenvalue weighted by molar-refractivity contribution is -0.126. The minimum Gasteiger partial charge on any atom is -0.349 e. The van der Waals surface area contributed by atoms with E-state index in [9.17, 15) is 23.6 Å². The molecule has 0 heterocycles. The number of nitrogens with one attached hydrogen (secondary N) is 1. The van der Waals surface area contributed by atoms with E-state index < -0.39 is 6.04 Å². The smallest absolute Gasteiger partial charge is 0.223 e. The van der Waals surface area contributed by atoms with Crippen LogP contribution in [0, 0.1) is 52.3 Å². The largest absolute Gasteiger partial charge is 0.349 e. The second-order valence-corrected chi connectivity index (χ2v) is 13.4. The van der Waals surface area contributed by atoms with Gasteiger partial charge in [-0.05, 0) is 137 Å². The fraction of sp³-hybridized carbons (Fsp3) is 0.524. The number of halogens is 1. The molecule has 0 aliphatic rings. The highest BCUT2D eigenvalue weighted by atomic mass is 19.1. The first kappa shape index (κ1) is 44.3. The number of Topliss-reactive ketones (excluding diaryl/α,β-unsaturated/α-hetero) is 3. The van der Waals surface area contributed by atoms with Crippen LogP contribution in [-0.4, -0.2) is 23.3 Å². The van der Waals surface area contributed by atoms with Crippen LogP contribution in [0.3, 0.4) is 0 Å². The van der Waals surface area contributed by atoms with Crippen molar-refractivity contribution < 1.29 is 23.6 Å². The number of hydrogen-bond donors (Lipinski definition) is 1. The Morgan fingerprint density at radius 3 is 1.81 bits per heavy atom. The molecular formula is C42H62FNO4. The number of ketones is 3. The van der Waals surface area contributed by atoms with Gasteiger partial charge >= 0.3 is 0 Å². The van der Waals surface area contributed by atoms with Gasteiger partial charge in [0.05, 0.1) is 11.6 Å². The minimum absolute atomic E-state index is 0.0271. The maximum atomic E-state index is 14.3. The molecule has 0 spiro atoms. The summed E-state index contributed by atoms with van der Waals surface area (Å²) in [5, 5.41) is 3.15. The highest BCUT2D eigenvalue weighted by Gasteiger charge is 2.24.